The Balaban J connectivity index is 1.76. The molecule has 3 aromatic heterocycles. The van der Waals surface area contributed by atoms with E-state index in [0.29, 0.717) is 23.0 Å². The van der Waals surface area contributed by atoms with Gasteiger partial charge in [0.1, 0.15) is 11.3 Å². The molecular formula is C22H27N5O3. The van der Waals surface area contributed by atoms with Gasteiger partial charge >= 0.3 is 5.97 Å². The number of aryl methyl sites for hydroxylation is 2. The number of hydrogen-bond acceptors (Lipinski definition) is 6. The molecular weight excluding hydrogens is 382 g/mol. The van der Waals surface area contributed by atoms with Gasteiger partial charge in [-0.25, -0.2) is 9.78 Å². The Bertz CT molecular complexity index is 1140. The van der Waals surface area contributed by atoms with E-state index in [9.17, 15) is 9.59 Å². The zero-order valence-electron chi connectivity index (χ0n) is 17.6. The predicted molar refractivity (Wildman–Crippen MR) is 115 cm³/mol. The number of methoxy groups -OCH3 is 1. The molecule has 0 unspecified atom stereocenters. The largest absolute Gasteiger partial charge is 0.464 e. The summed E-state index contributed by atoms with van der Waals surface area (Å²) >= 11 is 0. The topological polar surface area (TPSA) is 91.0 Å². The van der Waals surface area contributed by atoms with Crippen molar-refractivity contribution in [3.8, 4) is 0 Å². The summed E-state index contributed by atoms with van der Waals surface area (Å²) in [5.74, 6) is -0.0154. The van der Waals surface area contributed by atoms with Gasteiger partial charge in [-0.3, -0.25) is 9.36 Å². The van der Waals surface area contributed by atoms with Crippen LogP contribution >= 0.6 is 0 Å². The molecule has 0 atom stereocenters. The van der Waals surface area contributed by atoms with Crippen LogP contribution in [0.2, 0.25) is 0 Å². The molecule has 158 valence electrons. The second kappa shape index (κ2) is 8.30. The molecule has 1 aliphatic carbocycles. The second-order valence-electron chi connectivity index (χ2n) is 7.90. The molecule has 0 saturated heterocycles. The number of fused-ring (bicyclic) bond motifs is 1. The molecule has 1 saturated carbocycles. The minimum absolute atomic E-state index is 0.0221. The van der Waals surface area contributed by atoms with Gasteiger partial charge < -0.3 is 14.6 Å². The first-order chi connectivity index (χ1) is 14.5. The van der Waals surface area contributed by atoms with E-state index in [1.165, 1.54) is 20.0 Å². The Kier molecular flexibility index (Phi) is 5.57. The Morgan fingerprint density at radius 1 is 1.17 bits per heavy atom. The van der Waals surface area contributed by atoms with Crippen LogP contribution in [0.1, 0.15) is 60.7 Å². The second-order valence-corrected chi connectivity index (χ2v) is 7.90. The average Bonchev–Trinajstić information content (AvgIpc) is 2.91. The van der Waals surface area contributed by atoms with Crippen LogP contribution in [0.25, 0.3) is 11.0 Å². The molecule has 8 nitrogen and oxygen atoms in total. The molecule has 1 fully saturated rings. The van der Waals surface area contributed by atoms with Crippen molar-refractivity contribution in [2.24, 2.45) is 7.05 Å². The minimum atomic E-state index is -0.414. The molecule has 3 aromatic rings. The number of nitrogens with one attached hydrogen (secondary N) is 1. The van der Waals surface area contributed by atoms with Crippen molar-refractivity contribution >= 4 is 28.6 Å². The maximum absolute atomic E-state index is 12.8. The summed E-state index contributed by atoms with van der Waals surface area (Å²) in [4.78, 5) is 34.0. The molecule has 0 spiro atoms. The third-order valence-corrected chi connectivity index (χ3v) is 5.82. The van der Waals surface area contributed by atoms with Crippen LogP contribution in [0.5, 0.6) is 0 Å². The Labute approximate surface area is 174 Å². The predicted octanol–water partition coefficient (Wildman–Crippen LogP) is 3.86. The van der Waals surface area contributed by atoms with Crippen LogP contribution in [0.15, 0.2) is 29.2 Å². The number of anilines is 2. The zero-order chi connectivity index (χ0) is 21.3. The number of rotatable bonds is 4. The molecule has 4 rings (SSSR count). The number of nitrogens with zero attached hydrogens (tertiary/aromatic N) is 4. The van der Waals surface area contributed by atoms with Gasteiger partial charge in [-0.1, -0.05) is 25.7 Å². The summed E-state index contributed by atoms with van der Waals surface area (Å²) in [6.07, 6.45) is 8.45. The van der Waals surface area contributed by atoms with Crippen molar-refractivity contribution in [2.45, 2.75) is 51.5 Å². The van der Waals surface area contributed by atoms with Gasteiger partial charge in [0.05, 0.1) is 18.5 Å². The van der Waals surface area contributed by atoms with E-state index in [0.717, 1.165) is 36.8 Å². The summed E-state index contributed by atoms with van der Waals surface area (Å²) in [6.45, 7) is 1.92. The fraction of sp³-hybridized carbons (Fsp3) is 0.455. The lowest BCUT2D eigenvalue weighted by atomic mass is 10.1. The normalized spacial score (nSPS) is 15.2. The summed E-state index contributed by atoms with van der Waals surface area (Å²) < 4.78 is 8.34. The van der Waals surface area contributed by atoms with Crippen molar-refractivity contribution in [3.63, 3.8) is 0 Å². The Hall–Kier alpha value is -3.16. The average molecular weight is 409 g/mol. The van der Waals surface area contributed by atoms with Crippen molar-refractivity contribution < 1.29 is 9.53 Å². The van der Waals surface area contributed by atoms with Gasteiger partial charge in [0.2, 0.25) is 5.95 Å². The van der Waals surface area contributed by atoms with Crippen molar-refractivity contribution in [3.05, 3.63) is 46.1 Å². The smallest absolute Gasteiger partial charge is 0.354 e. The van der Waals surface area contributed by atoms with Crippen LogP contribution in [0, 0.1) is 6.92 Å². The van der Waals surface area contributed by atoms with Crippen LogP contribution < -0.4 is 10.9 Å². The highest BCUT2D eigenvalue weighted by molar-refractivity contribution is 5.89. The third-order valence-electron chi connectivity index (χ3n) is 5.82. The molecule has 1 N–H and O–H groups in total. The molecule has 0 radical (unpaired) electrons. The molecule has 0 aromatic carbocycles. The molecule has 3 heterocycles. The molecule has 0 bridgehead atoms. The Morgan fingerprint density at radius 2 is 1.90 bits per heavy atom. The van der Waals surface area contributed by atoms with Crippen molar-refractivity contribution in [1.29, 1.82) is 0 Å². The number of ether oxygens (including phenoxy) is 1. The summed E-state index contributed by atoms with van der Waals surface area (Å²) in [5.41, 5.74) is 2.54. The van der Waals surface area contributed by atoms with E-state index in [4.69, 9.17) is 9.72 Å². The lowest BCUT2D eigenvalue weighted by Crippen LogP contribution is -2.25. The number of carbonyl (C=O) groups is 1. The highest BCUT2D eigenvalue weighted by Gasteiger charge is 2.20. The SMILES string of the molecule is COC(=O)c1cc(Nc2nc(C)c3ccc(=O)n(C4CCCCCC4)c3n2)cn1C. The first-order valence-corrected chi connectivity index (χ1v) is 10.4. The summed E-state index contributed by atoms with van der Waals surface area (Å²) in [5, 5.41) is 4.05. The molecule has 0 aliphatic heterocycles. The highest BCUT2D eigenvalue weighted by Crippen LogP contribution is 2.29. The van der Waals surface area contributed by atoms with Gasteiger partial charge in [-0.2, -0.15) is 4.98 Å². The van der Waals surface area contributed by atoms with E-state index in [1.54, 1.807) is 29.9 Å². The highest BCUT2D eigenvalue weighted by atomic mass is 16.5. The minimum Gasteiger partial charge on any atom is -0.464 e. The van der Waals surface area contributed by atoms with E-state index in [-0.39, 0.29) is 11.6 Å². The van der Waals surface area contributed by atoms with Crippen LogP contribution in [0.4, 0.5) is 11.6 Å². The van der Waals surface area contributed by atoms with Crippen LogP contribution in [0.3, 0.4) is 0 Å². The van der Waals surface area contributed by atoms with Crippen molar-refractivity contribution in [2.75, 3.05) is 12.4 Å². The first kappa shape index (κ1) is 20.1. The maximum atomic E-state index is 12.8. The van der Waals surface area contributed by atoms with E-state index >= 15 is 0 Å². The van der Waals surface area contributed by atoms with Gasteiger partial charge in [-0.15, -0.1) is 0 Å². The lowest BCUT2D eigenvalue weighted by Gasteiger charge is -2.20. The van der Waals surface area contributed by atoms with Gasteiger partial charge in [0.15, 0.2) is 0 Å². The molecule has 1 aliphatic rings. The van der Waals surface area contributed by atoms with E-state index in [2.05, 4.69) is 10.3 Å². The van der Waals surface area contributed by atoms with E-state index in [1.807, 2.05) is 17.6 Å². The van der Waals surface area contributed by atoms with Gasteiger partial charge in [0, 0.05) is 30.7 Å². The number of hydrogen-bond donors (Lipinski definition) is 1. The van der Waals surface area contributed by atoms with E-state index < -0.39 is 5.97 Å². The third kappa shape index (κ3) is 3.81. The maximum Gasteiger partial charge on any atom is 0.354 e. The summed E-state index contributed by atoms with van der Waals surface area (Å²) in [7, 11) is 3.12. The van der Waals surface area contributed by atoms with Gasteiger partial charge in [-0.05, 0) is 31.9 Å². The number of carbonyl (C=O) groups excluding carboxylic acids is 1. The van der Waals surface area contributed by atoms with Gasteiger partial charge in [0.25, 0.3) is 5.56 Å². The standard InChI is InChI=1S/C22H27N5O3/c1-14-17-10-11-19(28)27(16-8-6-4-5-7-9-16)20(17)25-22(23-14)24-15-12-18(21(29)30-3)26(2)13-15/h10-13,16H,4-9H2,1-3H3,(H,23,24,25). The molecule has 8 heteroatoms. The number of esters is 1. The Morgan fingerprint density at radius 3 is 2.60 bits per heavy atom. The fourth-order valence-electron chi connectivity index (χ4n) is 4.28. The summed E-state index contributed by atoms with van der Waals surface area (Å²) in [6, 6.07) is 5.28. The first-order valence-electron chi connectivity index (χ1n) is 10.4. The fourth-order valence-corrected chi connectivity index (χ4v) is 4.28. The van der Waals surface area contributed by atoms with Crippen LogP contribution in [-0.4, -0.2) is 32.2 Å². The monoisotopic (exact) mass is 409 g/mol. The van der Waals surface area contributed by atoms with Crippen LogP contribution in [-0.2, 0) is 11.8 Å². The quantitative estimate of drug-likeness (QED) is 0.520. The number of aromatic nitrogens is 4. The lowest BCUT2D eigenvalue weighted by molar-refractivity contribution is 0.0590. The number of pyridine rings is 1. The molecule has 30 heavy (non-hydrogen) atoms. The zero-order valence-corrected chi connectivity index (χ0v) is 17.6. The molecule has 0 amide bonds. The van der Waals surface area contributed by atoms with Crippen molar-refractivity contribution in [1.82, 2.24) is 19.1 Å².